The molecule has 0 radical (unpaired) electrons. The number of hydrogen-bond acceptors (Lipinski definition) is 15. The predicted molar refractivity (Wildman–Crippen MR) is 405 cm³/mol. The van der Waals surface area contributed by atoms with Gasteiger partial charge in [0.05, 0.1) is 26.4 Å². The summed E-state index contributed by atoms with van der Waals surface area (Å²) in [6.07, 6.45) is 58.2. The minimum Gasteiger partial charge on any atom is -0.462 e. The number of aliphatic hydroxyl groups excluding tert-OH is 1. The molecule has 17 nitrogen and oxygen atoms in total. The Hall–Kier alpha value is -1.94. The maximum atomic E-state index is 13.1. The van der Waals surface area contributed by atoms with E-state index in [1.807, 2.05) is 0 Å². The number of unbranched alkanes of at least 4 members (excludes halogenated alkanes) is 45. The largest absolute Gasteiger partial charge is 0.472 e. The highest BCUT2D eigenvalue weighted by Crippen LogP contribution is 2.45. The van der Waals surface area contributed by atoms with Crippen molar-refractivity contribution in [1.82, 2.24) is 0 Å². The van der Waals surface area contributed by atoms with E-state index in [1.165, 1.54) is 225 Å². The zero-order chi connectivity index (χ0) is 73.0. The van der Waals surface area contributed by atoms with Crippen molar-refractivity contribution in [2.24, 2.45) is 17.8 Å². The molecule has 0 saturated heterocycles. The highest BCUT2D eigenvalue weighted by molar-refractivity contribution is 7.47. The van der Waals surface area contributed by atoms with Crippen LogP contribution in [0.25, 0.3) is 0 Å². The molecular formula is C80H156O17P2. The van der Waals surface area contributed by atoms with Gasteiger partial charge in [0.1, 0.15) is 19.3 Å². The van der Waals surface area contributed by atoms with E-state index in [2.05, 4.69) is 48.5 Å². The Morgan fingerprint density at radius 1 is 0.293 bits per heavy atom. The number of carbonyl (C=O) groups is 4. The van der Waals surface area contributed by atoms with Gasteiger partial charge < -0.3 is 33.8 Å². The fourth-order valence-electron chi connectivity index (χ4n) is 12.3. The average Bonchev–Trinajstić information content (AvgIpc) is 1.51. The second kappa shape index (κ2) is 70.4. The molecule has 0 amide bonds. The fourth-order valence-corrected chi connectivity index (χ4v) is 13.9. The van der Waals surface area contributed by atoms with Crippen LogP contribution in [0.4, 0.5) is 0 Å². The number of esters is 4. The third kappa shape index (κ3) is 72.8. The molecule has 0 fully saturated rings. The second-order valence-corrected chi connectivity index (χ2v) is 32.9. The van der Waals surface area contributed by atoms with Crippen LogP contribution < -0.4 is 0 Å². The number of carbonyl (C=O) groups excluding carboxylic acids is 4. The van der Waals surface area contributed by atoms with E-state index in [-0.39, 0.29) is 25.7 Å². The van der Waals surface area contributed by atoms with Crippen LogP contribution in [0.2, 0.25) is 0 Å². The highest BCUT2D eigenvalue weighted by Gasteiger charge is 2.30. The van der Waals surface area contributed by atoms with Crippen LogP contribution in [0, 0.1) is 17.8 Å². The van der Waals surface area contributed by atoms with E-state index in [0.29, 0.717) is 25.7 Å². The first kappa shape index (κ1) is 97.1. The normalized spacial score (nSPS) is 14.3. The van der Waals surface area contributed by atoms with Crippen LogP contribution >= 0.6 is 15.6 Å². The Balaban J connectivity index is 5.22. The van der Waals surface area contributed by atoms with Gasteiger partial charge in [0.15, 0.2) is 12.2 Å². The first-order valence-electron chi connectivity index (χ1n) is 41.4. The second-order valence-electron chi connectivity index (χ2n) is 30.0. The number of ether oxygens (including phenoxy) is 4. The molecule has 0 heterocycles. The average molecular weight is 1450 g/mol. The molecule has 0 aromatic carbocycles. The van der Waals surface area contributed by atoms with E-state index in [1.54, 1.807) is 0 Å². The zero-order valence-electron chi connectivity index (χ0n) is 65.0. The third-order valence-electron chi connectivity index (χ3n) is 19.0. The van der Waals surface area contributed by atoms with Crippen molar-refractivity contribution in [3.63, 3.8) is 0 Å². The van der Waals surface area contributed by atoms with E-state index in [4.69, 9.17) is 37.0 Å². The standard InChI is InChI=1S/C80H156O17P2/c1-8-10-11-12-13-30-40-47-54-61-77(82)90-67-75(97-80(85)64-57-50-43-36-29-28-32-38-45-52-59-72(5)6)69-94-98(86,87)92-65-74(81)66-93-99(88,89)95-70-76(68-91-78(83)62-55-48-41-34-26-22-19-18-21-25-33-39-46-53-60-73(7)9-2)96-79(84)63-56-49-42-35-27-23-17-15-14-16-20-24-31-37-44-51-58-71(3)4/h71-76,81H,8-70H2,1-7H3,(H,86,87)(H,88,89)/t73?,74-,75+,76+/m0/s1. The van der Waals surface area contributed by atoms with Gasteiger partial charge >= 0.3 is 39.5 Å². The van der Waals surface area contributed by atoms with Crippen molar-refractivity contribution in [1.29, 1.82) is 0 Å². The molecule has 0 spiro atoms. The number of rotatable bonds is 78. The van der Waals surface area contributed by atoms with Gasteiger partial charge in [-0.1, -0.05) is 363 Å². The van der Waals surface area contributed by atoms with Crippen LogP contribution in [0.15, 0.2) is 0 Å². The summed E-state index contributed by atoms with van der Waals surface area (Å²) in [5, 5.41) is 10.6. The first-order chi connectivity index (χ1) is 47.8. The van der Waals surface area contributed by atoms with Crippen LogP contribution in [0.3, 0.4) is 0 Å². The molecule has 0 aromatic heterocycles. The summed E-state index contributed by atoms with van der Waals surface area (Å²) < 4.78 is 68.6. The van der Waals surface area contributed by atoms with Gasteiger partial charge in [-0.2, -0.15) is 0 Å². The van der Waals surface area contributed by atoms with Crippen molar-refractivity contribution in [2.45, 2.75) is 433 Å². The zero-order valence-corrected chi connectivity index (χ0v) is 66.8. The molecule has 3 N–H and O–H groups in total. The van der Waals surface area contributed by atoms with Crippen LogP contribution in [-0.4, -0.2) is 96.7 Å². The molecule has 0 bridgehead atoms. The quantitative estimate of drug-likeness (QED) is 0.0222. The van der Waals surface area contributed by atoms with Crippen LogP contribution in [0.1, 0.15) is 414 Å². The summed E-state index contributed by atoms with van der Waals surface area (Å²) >= 11 is 0. The Bertz CT molecular complexity index is 1920. The number of hydrogen-bond donors (Lipinski definition) is 3. The minimum atomic E-state index is -4.96. The molecule has 0 aliphatic heterocycles. The molecule has 0 aliphatic carbocycles. The van der Waals surface area contributed by atoms with Gasteiger partial charge in [-0.25, -0.2) is 9.13 Å². The highest BCUT2D eigenvalue weighted by atomic mass is 31.2. The van der Waals surface area contributed by atoms with Gasteiger partial charge in [0.25, 0.3) is 0 Å². The summed E-state index contributed by atoms with van der Waals surface area (Å²) in [5.41, 5.74) is 0. The van der Waals surface area contributed by atoms with Crippen molar-refractivity contribution < 1.29 is 80.2 Å². The van der Waals surface area contributed by atoms with Crippen LogP contribution in [0.5, 0.6) is 0 Å². The molecule has 99 heavy (non-hydrogen) atoms. The predicted octanol–water partition coefficient (Wildman–Crippen LogP) is 23.7. The topological polar surface area (TPSA) is 237 Å². The van der Waals surface area contributed by atoms with E-state index < -0.39 is 97.5 Å². The molecule has 588 valence electrons. The van der Waals surface area contributed by atoms with Gasteiger partial charge in [0.2, 0.25) is 0 Å². The third-order valence-corrected chi connectivity index (χ3v) is 20.9. The summed E-state index contributed by atoms with van der Waals surface area (Å²) in [5.74, 6) is 0.298. The number of phosphoric ester groups is 2. The summed E-state index contributed by atoms with van der Waals surface area (Å²) in [4.78, 5) is 72.9. The molecule has 0 aliphatic rings. The van der Waals surface area contributed by atoms with Gasteiger partial charge in [-0.05, 0) is 43.4 Å². The first-order valence-corrected chi connectivity index (χ1v) is 44.4. The molecule has 0 aromatic rings. The van der Waals surface area contributed by atoms with E-state index in [9.17, 15) is 43.2 Å². The molecule has 0 rings (SSSR count). The molecule has 19 heteroatoms. The van der Waals surface area contributed by atoms with Crippen molar-refractivity contribution >= 4 is 39.5 Å². The summed E-state index contributed by atoms with van der Waals surface area (Å²) in [6, 6.07) is 0. The number of phosphoric acid groups is 2. The smallest absolute Gasteiger partial charge is 0.462 e. The Labute approximate surface area is 607 Å². The maximum Gasteiger partial charge on any atom is 0.472 e. The Morgan fingerprint density at radius 3 is 0.768 bits per heavy atom. The van der Waals surface area contributed by atoms with E-state index >= 15 is 0 Å². The Kier molecular flexibility index (Phi) is 69.0. The maximum absolute atomic E-state index is 13.1. The minimum absolute atomic E-state index is 0.106. The summed E-state index contributed by atoms with van der Waals surface area (Å²) in [7, 11) is -9.92. The lowest BCUT2D eigenvalue weighted by atomic mass is 9.99. The SMILES string of the molecule is CCCCCCCCCCCC(=O)OC[C@H](COP(=O)(O)OC[C@H](O)COP(=O)(O)OC[C@@H](COC(=O)CCCCCCCCCCCCCCCCC(C)CC)OC(=O)CCCCCCCCCCCCCCCCCCC(C)C)OC(=O)CCCCCCCCCCCCC(C)C. The lowest BCUT2D eigenvalue weighted by Crippen LogP contribution is -2.30. The lowest BCUT2D eigenvalue weighted by molar-refractivity contribution is -0.161. The molecule has 3 unspecified atom stereocenters. The van der Waals surface area contributed by atoms with Gasteiger partial charge in [-0.15, -0.1) is 0 Å². The fraction of sp³-hybridized carbons (Fsp3) is 0.950. The van der Waals surface area contributed by atoms with Crippen LogP contribution in [-0.2, 0) is 65.4 Å². The van der Waals surface area contributed by atoms with Gasteiger partial charge in [-0.3, -0.25) is 37.3 Å². The molecule has 0 saturated carbocycles. The molecule has 6 atom stereocenters. The van der Waals surface area contributed by atoms with Crippen molar-refractivity contribution in [2.75, 3.05) is 39.6 Å². The van der Waals surface area contributed by atoms with E-state index in [0.717, 1.165) is 108 Å². The van der Waals surface area contributed by atoms with Crippen molar-refractivity contribution in [3.8, 4) is 0 Å². The van der Waals surface area contributed by atoms with Crippen molar-refractivity contribution in [3.05, 3.63) is 0 Å². The Morgan fingerprint density at radius 2 is 0.515 bits per heavy atom. The van der Waals surface area contributed by atoms with Gasteiger partial charge in [0, 0.05) is 25.7 Å². The molecular weight excluding hydrogens is 1290 g/mol. The summed E-state index contributed by atoms with van der Waals surface area (Å²) in [6.45, 7) is 12.0. The monoisotopic (exact) mass is 1450 g/mol. The number of aliphatic hydroxyl groups is 1. The lowest BCUT2D eigenvalue weighted by Gasteiger charge is -2.21.